The second kappa shape index (κ2) is 6.72. The van der Waals surface area contributed by atoms with Crippen molar-refractivity contribution in [1.29, 1.82) is 0 Å². The van der Waals surface area contributed by atoms with Gasteiger partial charge in [-0.15, -0.1) is 0 Å². The Balaban J connectivity index is 1.88. The zero-order chi connectivity index (χ0) is 14.4. The maximum absolute atomic E-state index is 12.2. The molecular weight excluding hydrogens is 258 g/mol. The molecule has 1 aliphatic rings. The summed E-state index contributed by atoms with van der Waals surface area (Å²) in [6.07, 6.45) is 1.32. The van der Waals surface area contributed by atoms with Gasteiger partial charge >= 0.3 is 0 Å². The van der Waals surface area contributed by atoms with E-state index in [1.165, 1.54) is 0 Å². The Labute approximate surface area is 119 Å². The summed E-state index contributed by atoms with van der Waals surface area (Å²) in [5.41, 5.74) is 0.255. The lowest BCUT2D eigenvalue weighted by molar-refractivity contribution is -0.143. The minimum absolute atomic E-state index is 0.104. The summed E-state index contributed by atoms with van der Waals surface area (Å²) in [4.78, 5) is 12.2. The first-order valence-electron chi connectivity index (χ1n) is 6.75. The molecule has 20 heavy (non-hydrogen) atoms. The smallest absolute Gasteiger partial charge is 0.254 e. The number of hydrogen-bond acceptors (Lipinski definition) is 4. The van der Waals surface area contributed by atoms with Gasteiger partial charge in [-0.05, 0) is 18.1 Å². The van der Waals surface area contributed by atoms with Gasteiger partial charge in [-0.25, -0.2) is 0 Å². The van der Waals surface area contributed by atoms with Gasteiger partial charge in [-0.2, -0.15) is 0 Å². The monoisotopic (exact) mass is 279 g/mol. The SMILES string of the molecule is COc1ccccc1CCNC(=O)[C@]1(OC)CCOC1. The number of methoxy groups -OCH3 is 2. The van der Waals surface area contributed by atoms with E-state index in [0.717, 1.165) is 17.7 Å². The highest BCUT2D eigenvalue weighted by molar-refractivity contribution is 5.85. The van der Waals surface area contributed by atoms with Crippen molar-refractivity contribution in [3.63, 3.8) is 0 Å². The largest absolute Gasteiger partial charge is 0.496 e. The van der Waals surface area contributed by atoms with Crippen molar-refractivity contribution in [1.82, 2.24) is 5.32 Å². The van der Waals surface area contributed by atoms with Crippen LogP contribution in [0.3, 0.4) is 0 Å². The van der Waals surface area contributed by atoms with Crippen molar-refractivity contribution < 1.29 is 19.0 Å². The number of carbonyl (C=O) groups is 1. The fourth-order valence-corrected chi connectivity index (χ4v) is 2.36. The minimum atomic E-state index is -0.819. The molecule has 5 heteroatoms. The normalized spacial score (nSPS) is 21.7. The van der Waals surface area contributed by atoms with Gasteiger partial charge in [-0.3, -0.25) is 4.79 Å². The molecule has 1 atom stereocenters. The zero-order valence-electron chi connectivity index (χ0n) is 12.0. The van der Waals surface area contributed by atoms with Crippen molar-refractivity contribution >= 4 is 5.91 Å². The fourth-order valence-electron chi connectivity index (χ4n) is 2.36. The van der Waals surface area contributed by atoms with Gasteiger partial charge < -0.3 is 19.5 Å². The second-order valence-electron chi connectivity index (χ2n) is 4.82. The Kier molecular flexibility index (Phi) is 4.98. The van der Waals surface area contributed by atoms with Crippen LogP contribution in [0.15, 0.2) is 24.3 Å². The van der Waals surface area contributed by atoms with Crippen LogP contribution < -0.4 is 10.1 Å². The van der Waals surface area contributed by atoms with Gasteiger partial charge in [-0.1, -0.05) is 18.2 Å². The molecule has 1 aliphatic heterocycles. The zero-order valence-corrected chi connectivity index (χ0v) is 12.0. The molecule has 0 saturated carbocycles. The van der Waals surface area contributed by atoms with E-state index in [4.69, 9.17) is 14.2 Å². The molecule has 1 heterocycles. The molecule has 5 nitrogen and oxygen atoms in total. The van der Waals surface area contributed by atoms with Gasteiger partial charge in [0.25, 0.3) is 5.91 Å². The molecule has 1 aromatic rings. The van der Waals surface area contributed by atoms with Crippen LogP contribution in [0.5, 0.6) is 5.75 Å². The summed E-state index contributed by atoms with van der Waals surface area (Å²) >= 11 is 0. The first-order chi connectivity index (χ1) is 9.72. The molecule has 0 aromatic heterocycles. The summed E-state index contributed by atoms with van der Waals surface area (Å²) in [6.45, 7) is 1.43. The molecule has 1 fully saturated rings. The molecule has 0 radical (unpaired) electrons. The van der Waals surface area contributed by atoms with Gasteiger partial charge in [0, 0.05) is 20.1 Å². The third-order valence-corrected chi connectivity index (χ3v) is 3.66. The van der Waals surface area contributed by atoms with Crippen molar-refractivity contribution in [2.75, 3.05) is 34.0 Å². The van der Waals surface area contributed by atoms with Crippen LogP contribution in [0.1, 0.15) is 12.0 Å². The lowest BCUT2D eigenvalue weighted by Gasteiger charge is -2.24. The van der Waals surface area contributed by atoms with E-state index in [9.17, 15) is 4.79 Å². The Morgan fingerprint density at radius 1 is 1.40 bits per heavy atom. The van der Waals surface area contributed by atoms with Crippen molar-refractivity contribution in [2.24, 2.45) is 0 Å². The molecule has 0 aliphatic carbocycles. The standard InChI is InChI=1S/C15H21NO4/c1-18-13-6-4-3-5-12(13)7-9-16-14(17)15(19-2)8-10-20-11-15/h3-6H,7-11H2,1-2H3,(H,16,17)/t15-/m0/s1. The molecule has 0 spiro atoms. The quantitative estimate of drug-likeness (QED) is 0.849. The van der Waals surface area contributed by atoms with Gasteiger partial charge in [0.15, 0.2) is 5.60 Å². The van der Waals surface area contributed by atoms with Crippen molar-refractivity contribution in [2.45, 2.75) is 18.4 Å². The van der Waals surface area contributed by atoms with Crippen LogP contribution in [-0.2, 0) is 20.7 Å². The molecule has 1 aromatic carbocycles. The van der Waals surface area contributed by atoms with Crippen LogP contribution in [0, 0.1) is 0 Å². The van der Waals surface area contributed by atoms with E-state index in [-0.39, 0.29) is 5.91 Å². The van der Waals surface area contributed by atoms with Crippen LogP contribution in [0.4, 0.5) is 0 Å². The maximum Gasteiger partial charge on any atom is 0.254 e. The molecular formula is C15H21NO4. The van der Waals surface area contributed by atoms with E-state index >= 15 is 0 Å². The minimum Gasteiger partial charge on any atom is -0.496 e. The second-order valence-corrected chi connectivity index (χ2v) is 4.82. The molecule has 1 saturated heterocycles. The molecule has 1 N–H and O–H groups in total. The van der Waals surface area contributed by atoms with E-state index in [1.807, 2.05) is 24.3 Å². The van der Waals surface area contributed by atoms with Gasteiger partial charge in [0.2, 0.25) is 0 Å². The topological polar surface area (TPSA) is 56.8 Å². The van der Waals surface area contributed by atoms with Crippen molar-refractivity contribution in [3.05, 3.63) is 29.8 Å². The number of ether oxygens (including phenoxy) is 3. The number of benzene rings is 1. The summed E-state index contributed by atoms with van der Waals surface area (Å²) in [7, 11) is 3.20. The van der Waals surface area contributed by atoms with Gasteiger partial charge in [0.05, 0.1) is 20.3 Å². The predicted octanol–water partition coefficient (Wildman–Crippen LogP) is 1.16. The summed E-state index contributed by atoms with van der Waals surface area (Å²) in [5.74, 6) is 0.736. The lowest BCUT2D eigenvalue weighted by atomic mass is 10.0. The number of nitrogens with one attached hydrogen (secondary N) is 1. The predicted molar refractivity (Wildman–Crippen MR) is 74.9 cm³/mol. The number of amides is 1. The Bertz CT molecular complexity index is 455. The van der Waals surface area contributed by atoms with E-state index in [2.05, 4.69) is 5.32 Å². The van der Waals surface area contributed by atoms with Crippen LogP contribution in [0.25, 0.3) is 0 Å². The van der Waals surface area contributed by atoms with Crippen LogP contribution in [-0.4, -0.2) is 45.5 Å². The highest BCUT2D eigenvalue weighted by atomic mass is 16.6. The average Bonchev–Trinajstić information content (AvgIpc) is 2.98. The van der Waals surface area contributed by atoms with Crippen LogP contribution >= 0.6 is 0 Å². The number of hydrogen-bond donors (Lipinski definition) is 1. The fraction of sp³-hybridized carbons (Fsp3) is 0.533. The molecule has 0 bridgehead atoms. The maximum atomic E-state index is 12.2. The van der Waals surface area contributed by atoms with Crippen LogP contribution in [0.2, 0.25) is 0 Å². The van der Waals surface area contributed by atoms with E-state index < -0.39 is 5.60 Å². The first kappa shape index (κ1) is 14.8. The van der Waals surface area contributed by atoms with Gasteiger partial charge in [0.1, 0.15) is 5.75 Å². The summed E-state index contributed by atoms with van der Waals surface area (Å²) in [5, 5.41) is 2.92. The first-order valence-corrected chi connectivity index (χ1v) is 6.75. The highest BCUT2D eigenvalue weighted by Gasteiger charge is 2.42. The van der Waals surface area contributed by atoms with E-state index in [0.29, 0.717) is 26.2 Å². The summed E-state index contributed by atoms with van der Waals surface area (Å²) < 4.78 is 15.9. The molecule has 2 rings (SSSR count). The number of carbonyl (C=O) groups excluding carboxylic acids is 1. The Hall–Kier alpha value is -1.59. The molecule has 110 valence electrons. The van der Waals surface area contributed by atoms with E-state index in [1.54, 1.807) is 14.2 Å². The van der Waals surface area contributed by atoms with Crippen molar-refractivity contribution in [3.8, 4) is 5.75 Å². The Morgan fingerprint density at radius 2 is 2.20 bits per heavy atom. The average molecular weight is 279 g/mol. The third kappa shape index (κ3) is 3.11. The lowest BCUT2D eigenvalue weighted by Crippen LogP contribution is -2.49. The Morgan fingerprint density at radius 3 is 2.85 bits per heavy atom. The molecule has 0 unspecified atom stereocenters. The highest BCUT2D eigenvalue weighted by Crippen LogP contribution is 2.23. The molecule has 1 amide bonds. The summed E-state index contributed by atoms with van der Waals surface area (Å²) in [6, 6.07) is 7.80. The third-order valence-electron chi connectivity index (χ3n) is 3.66. The number of para-hydroxylation sites is 1. The number of rotatable bonds is 6.